The van der Waals surface area contributed by atoms with Crippen LogP contribution in [-0.2, 0) is 4.79 Å². The molecule has 0 amide bonds. The van der Waals surface area contributed by atoms with Crippen molar-refractivity contribution in [2.45, 2.75) is 55.5 Å². The van der Waals surface area contributed by atoms with Gasteiger partial charge in [-0.2, -0.15) is 48.3 Å². The van der Waals surface area contributed by atoms with Gasteiger partial charge in [-0.3, -0.25) is 0 Å². The highest BCUT2D eigenvalue weighted by Crippen LogP contribution is 2.46. The van der Waals surface area contributed by atoms with E-state index in [1.54, 1.807) is 0 Å². The van der Waals surface area contributed by atoms with Gasteiger partial charge in [-0.25, -0.2) is 4.79 Å². The third-order valence-corrected chi connectivity index (χ3v) is 2.77. The highest BCUT2D eigenvalue weighted by atomic mass is 19.4. The van der Waals surface area contributed by atoms with Crippen molar-refractivity contribution in [1.29, 1.82) is 0 Å². The van der Waals surface area contributed by atoms with Crippen molar-refractivity contribution in [2.75, 3.05) is 0 Å². The predicted octanol–water partition coefficient (Wildman–Crippen LogP) is 4.73. The fourth-order valence-corrected chi connectivity index (χ4v) is 1.24. The second-order valence-electron chi connectivity index (χ2n) is 4.62. The summed E-state index contributed by atoms with van der Waals surface area (Å²) in [6.07, 6.45) is -16.2. The molecule has 1 N–H and O–H groups in total. The Morgan fingerprint density at radius 1 is 0.609 bits per heavy atom. The third-order valence-electron chi connectivity index (χ3n) is 2.77. The first-order valence-corrected chi connectivity index (χ1v) is 5.67. The first-order chi connectivity index (χ1) is 9.86. The molecule has 0 saturated carbocycles. The quantitative estimate of drug-likeness (QED) is 0.627. The lowest BCUT2D eigenvalue weighted by atomic mass is 9.97. The summed E-state index contributed by atoms with van der Waals surface area (Å²) in [5, 5.41) is 7.93. The number of carbonyl (C=O) groups is 1. The van der Waals surface area contributed by atoms with Crippen molar-refractivity contribution in [3.8, 4) is 0 Å². The van der Waals surface area contributed by atoms with Gasteiger partial charge in [-0.15, -0.1) is 0 Å². The minimum Gasteiger partial charge on any atom is -0.477 e. The molecule has 0 aromatic heterocycles. The van der Waals surface area contributed by atoms with Gasteiger partial charge in [0.05, 0.1) is 0 Å². The predicted molar refractivity (Wildman–Crippen MR) is 51.9 cm³/mol. The van der Waals surface area contributed by atoms with Gasteiger partial charge >= 0.3 is 35.8 Å². The van der Waals surface area contributed by atoms with E-state index in [0.717, 1.165) is 0 Å². The largest absolute Gasteiger partial charge is 0.477 e. The summed E-state index contributed by atoms with van der Waals surface area (Å²) in [6, 6.07) is 0. The molecule has 0 atom stereocenters. The van der Waals surface area contributed by atoms with E-state index in [-0.39, 0.29) is 0 Å². The van der Waals surface area contributed by atoms with Crippen molar-refractivity contribution in [2.24, 2.45) is 0 Å². The molecule has 0 radical (unpaired) electrons. The van der Waals surface area contributed by atoms with E-state index in [1.165, 1.54) is 0 Å². The SMILES string of the molecule is O=C(O)C(F)(F)CCC(F)(F)C(F)(F)CCC(F)(F)C(F)(F)F. The van der Waals surface area contributed by atoms with Crippen LogP contribution in [0.2, 0.25) is 0 Å². The van der Waals surface area contributed by atoms with E-state index < -0.39 is 61.5 Å². The van der Waals surface area contributed by atoms with Crippen LogP contribution in [0.4, 0.5) is 48.3 Å². The number of halogens is 11. The Morgan fingerprint density at radius 2 is 0.913 bits per heavy atom. The molecule has 0 heterocycles. The lowest BCUT2D eigenvalue weighted by Crippen LogP contribution is -2.45. The number of rotatable bonds is 8. The molecule has 0 aliphatic rings. The second-order valence-corrected chi connectivity index (χ2v) is 4.62. The van der Waals surface area contributed by atoms with Crippen LogP contribution in [0.1, 0.15) is 25.7 Å². The van der Waals surface area contributed by atoms with Crippen molar-refractivity contribution in [1.82, 2.24) is 0 Å². The van der Waals surface area contributed by atoms with E-state index in [9.17, 15) is 53.1 Å². The van der Waals surface area contributed by atoms with Crippen LogP contribution in [0.5, 0.6) is 0 Å². The summed E-state index contributed by atoms with van der Waals surface area (Å²) in [4.78, 5) is 9.95. The average molecular weight is 370 g/mol. The molecule has 138 valence electrons. The minimum absolute atomic E-state index is 2.25. The number of carboxylic acids is 1. The van der Waals surface area contributed by atoms with Crippen molar-refractivity contribution in [3.05, 3.63) is 0 Å². The van der Waals surface area contributed by atoms with E-state index in [2.05, 4.69) is 0 Å². The fraction of sp³-hybridized carbons (Fsp3) is 0.900. The Morgan fingerprint density at radius 3 is 1.22 bits per heavy atom. The van der Waals surface area contributed by atoms with Crippen LogP contribution >= 0.6 is 0 Å². The fourth-order valence-electron chi connectivity index (χ4n) is 1.24. The summed E-state index contributed by atoms with van der Waals surface area (Å²) in [5.41, 5.74) is 0. The van der Waals surface area contributed by atoms with Crippen molar-refractivity contribution in [3.63, 3.8) is 0 Å². The summed E-state index contributed by atoms with van der Waals surface area (Å²) in [5.74, 6) is -24.2. The molecular weight excluding hydrogens is 361 g/mol. The lowest BCUT2D eigenvalue weighted by molar-refractivity contribution is -0.294. The first-order valence-electron chi connectivity index (χ1n) is 5.67. The van der Waals surface area contributed by atoms with Crippen molar-refractivity contribution >= 4 is 5.97 Å². The summed E-state index contributed by atoms with van der Waals surface area (Å²) >= 11 is 0. The summed E-state index contributed by atoms with van der Waals surface area (Å²) < 4.78 is 137. The Hall–Kier alpha value is -1.30. The summed E-state index contributed by atoms with van der Waals surface area (Å²) in [6.45, 7) is 0. The highest BCUT2D eigenvalue weighted by molar-refractivity contribution is 5.75. The van der Waals surface area contributed by atoms with Crippen LogP contribution in [0, 0.1) is 0 Å². The molecule has 23 heavy (non-hydrogen) atoms. The minimum atomic E-state index is -6.24. The number of hydrogen-bond acceptors (Lipinski definition) is 1. The number of alkyl halides is 11. The maximum absolute atomic E-state index is 13.1. The van der Waals surface area contributed by atoms with Crippen LogP contribution in [0.25, 0.3) is 0 Å². The zero-order chi connectivity index (χ0) is 18.9. The Kier molecular flexibility index (Phi) is 5.95. The normalized spacial score (nSPS) is 14.9. The second kappa shape index (κ2) is 6.30. The van der Waals surface area contributed by atoms with Gasteiger partial charge in [0, 0.05) is 25.7 Å². The first kappa shape index (κ1) is 21.7. The van der Waals surface area contributed by atoms with Crippen LogP contribution in [-0.4, -0.2) is 40.9 Å². The van der Waals surface area contributed by atoms with E-state index in [1.807, 2.05) is 0 Å². The topological polar surface area (TPSA) is 37.3 Å². The lowest BCUT2D eigenvalue weighted by Gasteiger charge is -2.29. The molecule has 0 aliphatic carbocycles. The Labute approximate surface area is 121 Å². The summed E-state index contributed by atoms with van der Waals surface area (Å²) in [7, 11) is 0. The van der Waals surface area contributed by atoms with Crippen LogP contribution in [0.15, 0.2) is 0 Å². The Balaban J connectivity index is 4.95. The molecule has 0 spiro atoms. The number of carboxylic acid groups (broad SMARTS) is 1. The molecule has 0 aromatic rings. The molecule has 0 bridgehead atoms. The molecule has 0 rings (SSSR count). The van der Waals surface area contributed by atoms with Gasteiger partial charge in [-0.05, 0) is 0 Å². The van der Waals surface area contributed by atoms with Crippen LogP contribution in [0.3, 0.4) is 0 Å². The highest BCUT2D eigenvalue weighted by Gasteiger charge is 2.62. The molecule has 13 heteroatoms. The molecular formula is C10H9F11O2. The van der Waals surface area contributed by atoms with E-state index in [4.69, 9.17) is 5.11 Å². The van der Waals surface area contributed by atoms with E-state index in [0.29, 0.717) is 0 Å². The average Bonchev–Trinajstić information content (AvgIpc) is 2.32. The number of aliphatic carboxylic acids is 1. The standard InChI is InChI=1S/C10H9F11O2/c11-6(12,5(22)23)1-2-7(13,14)8(15,16)3-4-9(17,18)10(19,20)21/h1-4H2,(H,22,23). The molecule has 0 saturated heterocycles. The van der Waals surface area contributed by atoms with E-state index >= 15 is 0 Å². The van der Waals surface area contributed by atoms with Crippen LogP contribution < -0.4 is 0 Å². The third kappa shape index (κ3) is 5.37. The Bertz CT molecular complexity index is 427. The molecule has 0 aliphatic heterocycles. The van der Waals surface area contributed by atoms with Gasteiger partial charge in [0.2, 0.25) is 0 Å². The molecule has 2 nitrogen and oxygen atoms in total. The van der Waals surface area contributed by atoms with Crippen molar-refractivity contribution < 1.29 is 58.2 Å². The van der Waals surface area contributed by atoms with Gasteiger partial charge in [0.15, 0.2) is 0 Å². The zero-order valence-corrected chi connectivity index (χ0v) is 10.8. The van der Waals surface area contributed by atoms with Gasteiger partial charge in [0.25, 0.3) is 0 Å². The maximum atomic E-state index is 13.1. The van der Waals surface area contributed by atoms with Gasteiger partial charge in [-0.1, -0.05) is 0 Å². The zero-order valence-electron chi connectivity index (χ0n) is 10.8. The maximum Gasteiger partial charge on any atom is 0.453 e. The van der Waals surface area contributed by atoms with Gasteiger partial charge < -0.3 is 5.11 Å². The molecule has 0 fully saturated rings. The monoisotopic (exact) mass is 370 g/mol. The number of hydrogen-bond donors (Lipinski definition) is 1. The molecule has 0 unspecified atom stereocenters. The molecule has 0 aromatic carbocycles. The van der Waals surface area contributed by atoms with Gasteiger partial charge in [0.1, 0.15) is 0 Å². The smallest absolute Gasteiger partial charge is 0.453 e.